The van der Waals surface area contributed by atoms with E-state index in [4.69, 9.17) is 0 Å². The van der Waals surface area contributed by atoms with Crippen LogP contribution in [-0.2, 0) is 0 Å². The maximum absolute atomic E-state index is 13.8. The lowest BCUT2D eigenvalue weighted by Crippen LogP contribution is -2.09. The molecule has 0 heterocycles. The van der Waals surface area contributed by atoms with Crippen molar-refractivity contribution < 1.29 is 22.4 Å². The third kappa shape index (κ3) is 2.43. The molecule has 1 nitrogen and oxygen atoms in total. The van der Waals surface area contributed by atoms with Crippen molar-refractivity contribution >= 4 is 5.78 Å². The largest absolute Gasteiger partial charge is 0.288 e. The number of aryl methyl sites for hydroxylation is 2. The van der Waals surface area contributed by atoms with Gasteiger partial charge in [0.1, 0.15) is 5.82 Å². The summed E-state index contributed by atoms with van der Waals surface area (Å²) in [6.07, 6.45) is 0. The van der Waals surface area contributed by atoms with E-state index in [0.29, 0.717) is 23.3 Å². The Morgan fingerprint density at radius 3 is 1.90 bits per heavy atom. The highest BCUT2D eigenvalue weighted by molar-refractivity contribution is 6.10. The SMILES string of the molecule is Cc1cc(C)c(C(=O)c2cc(F)c(F)c(F)c2)c(F)c1. The molecule has 0 unspecified atom stereocenters. The summed E-state index contributed by atoms with van der Waals surface area (Å²) in [6.45, 7) is 3.17. The molecule has 0 aliphatic heterocycles. The van der Waals surface area contributed by atoms with Crippen LogP contribution in [0.1, 0.15) is 27.0 Å². The number of carbonyl (C=O) groups excluding carboxylic acids is 1. The van der Waals surface area contributed by atoms with E-state index in [1.54, 1.807) is 13.0 Å². The van der Waals surface area contributed by atoms with Crippen LogP contribution in [0.5, 0.6) is 0 Å². The van der Waals surface area contributed by atoms with E-state index in [1.807, 2.05) is 0 Å². The molecule has 20 heavy (non-hydrogen) atoms. The molecule has 0 fully saturated rings. The molecule has 0 N–H and O–H groups in total. The van der Waals surface area contributed by atoms with E-state index in [-0.39, 0.29) is 5.56 Å². The van der Waals surface area contributed by atoms with Crippen molar-refractivity contribution in [1.82, 2.24) is 0 Å². The molecule has 0 spiro atoms. The first-order chi connectivity index (χ1) is 9.31. The van der Waals surface area contributed by atoms with Crippen LogP contribution in [0.2, 0.25) is 0 Å². The zero-order valence-corrected chi connectivity index (χ0v) is 10.7. The van der Waals surface area contributed by atoms with Gasteiger partial charge in [0.15, 0.2) is 23.2 Å². The Bertz CT molecular complexity index is 661. The Balaban J connectivity index is 2.58. The average molecular weight is 282 g/mol. The molecule has 0 aliphatic rings. The first-order valence-electron chi connectivity index (χ1n) is 5.77. The van der Waals surface area contributed by atoms with Crippen LogP contribution in [0.15, 0.2) is 24.3 Å². The normalized spacial score (nSPS) is 10.7. The smallest absolute Gasteiger partial charge is 0.196 e. The summed E-state index contributed by atoms with van der Waals surface area (Å²) in [7, 11) is 0. The Morgan fingerprint density at radius 2 is 1.40 bits per heavy atom. The van der Waals surface area contributed by atoms with Gasteiger partial charge in [0, 0.05) is 5.56 Å². The maximum atomic E-state index is 13.8. The van der Waals surface area contributed by atoms with E-state index in [0.717, 1.165) is 6.07 Å². The summed E-state index contributed by atoms with van der Waals surface area (Å²) in [5, 5.41) is 0. The van der Waals surface area contributed by atoms with Crippen LogP contribution in [-0.4, -0.2) is 5.78 Å². The van der Waals surface area contributed by atoms with Gasteiger partial charge in [-0.2, -0.15) is 0 Å². The molecule has 0 bridgehead atoms. The second kappa shape index (κ2) is 5.07. The molecule has 0 aromatic heterocycles. The maximum Gasteiger partial charge on any atom is 0.196 e. The Labute approximate surface area is 112 Å². The zero-order chi connectivity index (χ0) is 15.0. The molecular weight excluding hydrogens is 272 g/mol. The molecule has 2 aromatic carbocycles. The lowest BCUT2D eigenvalue weighted by Gasteiger charge is -2.08. The molecule has 0 saturated heterocycles. The third-order valence-corrected chi connectivity index (χ3v) is 2.90. The fourth-order valence-corrected chi connectivity index (χ4v) is 2.03. The fourth-order valence-electron chi connectivity index (χ4n) is 2.03. The lowest BCUT2D eigenvalue weighted by atomic mass is 9.96. The number of halogens is 4. The quantitative estimate of drug-likeness (QED) is 0.460. The second-order valence-electron chi connectivity index (χ2n) is 4.52. The van der Waals surface area contributed by atoms with E-state index in [2.05, 4.69) is 0 Å². The van der Waals surface area contributed by atoms with Crippen LogP contribution in [0.3, 0.4) is 0 Å². The number of hydrogen-bond acceptors (Lipinski definition) is 1. The summed E-state index contributed by atoms with van der Waals surface area (Å²) < 4.78 is 52.9. The minimum absolute atomic E-state index is 0.277. The van der Waals surface area contributed by atoms with Crippen LogP contribution >= 0.6 is 0 Å². The van der Waals surface area contributed by atoms with E-state index in [1.165, 1.54) is 6.92 Å². The first-order valence-corrected chi connectivity index (χ1v) is 5.77. The van der Waals surface area contributed by atoms with Crippen molar-refractivity contribution in [2.75, 3.05) is 0 Å². The zero-order valence-electron chi connectivity index (χ0n) is 10.7. The summed E-state index contributed by atoms with van der Waals surface area (Å²) in [5.41, 5.74) is 0.249. The predicted molar refractivity (Wildman–Crippen MR) is 65.6 cm³/mol. The molecular formula is C15H10F4O. The monoisotopic (exact) mass is 282 g/mol. The molecule has 104 valence electrons. The molecule has 2 rings (SSSR count). The Kier molecular flexibility index (Phi) is 3.61. The summed E-state index contributed by atoms with van der Waals surface area (Å²) in [4.78, 5) is 12.1. The van der Waals surface area contributed by atoms with Crippen LogP contribution in [0.4, 0.5) is 17.6 Å². The summed E-state index contributed by atoms with van der Waals surface area (Å²) >= 11 is 0. The topological polar surface area (TPSA) is 17.1 Å². The lowest BCUT2D eigenvalue weighted by molar-refractivity contribution is 0.103. The van der Waals surface area contributed by atoms with Crippen molar-refractivity contribution in [3.05, 3.63) is 69.8 Å². The highest BCUT2D eigenvalue weighted by atomic mass is 19.2. The number of benzene rings is 2. The molecule has 0 amide bonds. The highest BCUT2D eigenvalue weighted by Crippen LogP contribution is 2.22. The van der Waals surface area contributed by atoms with Crippen molar-refractivity contribution in [2.45, 2.75) is 13.8 Å². The van der Waals surface area contributed by atoms with Gasteiger partial charge in [-0.15, -0.1) is 0 Å². The molecule has 0 atom stereocenters. The minimum atomic E-state index is -1.66. The highest BCUT2D eigenvalue weighted by Gasteiger charge is 2.20. The van der Waals surface area contributed by atoms with E-state index < -0.39 is 34.6 Å². The number of ketones is 1. The molecule has 0 radical (unpaired) electrons. The fraction of sp³-hybridized carbons (Fsp3) is 0.133. The van der Waals surface area contributed by atoms with E-state index >= 15 is 0 Å². The average Bonchev–Trinajstić information content (AvgIpc) is 2.33. The minimum Gasteiger partial charge on any atom is -0.288 e. The van der Waals surface area contributed by atoms with Crippen molar-refractivity contribution in [1.29, 1.82) is 0 Å². The molecule has 0 aliphatic carbocycles. The van der Waals surface area contributed by atoms with E-state index in [9.17, 15) is 22.4 Å². The molecule has 0 saturated carbocycles. The molecule has 2 aromatic rings. The first kappa shape index (κ1) is 14.2. The van der Waals surface area contributed by atoms with Gasteiger partial charge in [0.2, 0.25) is 0 Å². The Morgan fingerprint density at radius 1 is 0.850 bits per heavy atom. The van der Waals surface area contributed by atoms with Crippen LogP contribution in [0.25, 0.3) is 0 Å². The van der Waals surface area contributed by atoms with Gasteiger partial charge in [0.05, 0.1) is 5.56 Å². The van der Waals surface area contributed by atoms with Gasteiger partial charge in [-0.1, -0.05) is 6.07 Å². The summed E-state index contributed by atoms with van der Waals surface area (Å²) in [6, 6.07) is 3.84. The molecule has 5 heteroatoms. The number of rotatable bonds is 2. The van der Waals surface area contributed by atoms with Gasteiger partial charge in [-0.25, -0.2) is 17.6 Å². The van der Waals surface area contributed by atoms with Gasteiger partial charge < -0.3 is 0 Å². The Hall–Kier alpha value is -2.17. The standard InChI is InChI=1S/C15H10F4O/c1-7-3-8(2)13(10(16)4-7)15(20)9-5-11(17)14(19)12(18)6-9/h3-6H,1-2H3. The van der Waals surface area contributed by atoms with Crippen LogP contribution < -0.4 is 0 Å². The second-order valence-corrected chi connectivity index (χ2v) is 4.52. The van der Waals surface area contributed by atoms with Gasteiger partial charge in [-0.05, 0) is 43.2 Å². The van der Waals surface area contributed by atoms with Crippen molar-refractivity contribution in [3.8, 4) is 0 Å². The van der Waals surface area contributed by atoms with Crippen molar-refractivity contribution in [2.24, 2.45) is 0 Å². The van der Waals surface area contributed by atoms with Crippen LogP contribution in [0, 0.1) is 37.1 Å². The number of hydrogen-bond donors (Lipinski definition) is 0. The van der Waals surface area contributed by atoms with Gasteiger partial charge in [-0.3, -0.25) is 4.79 Å². The third-order valence-electron chi connectivity index (χ3n) is 2.90. The number of carbonyl (C=O) groups is 1. The van der Waals surface area contributed by atoms with Gasteiger partial charge in [0.25, 0.3) is 0 Å². The summed E-state index contributed by atoms with van der Waals surface area (Å²) in [5.74, 6) is -6.31. The predicted octanol–water partition coefficient (Wildman–Crippen LogP) is 4.09. The van der Waals surface area contributed by atoms with Crippen molar-refractivity contribution in [3.63, 3.8) is 0 Å². The van der Waals surface area contributed by atoms with Gasteiger partial charge >= 0.3 is 0 Å².